The van der Waals surface area contributed by atoms with Crippen LogP contribution in [-0.2, 0) is 4.74 Å². The Morgan fingerprint density at radius 2 is 1.23 bits per heavy atom. The lowest BCUT2D eigenvalue weighted by Crippen LogP contribution is -2.02. The van der Waals surface area contributed by atoms with E-state index in [9.17, 15) is 17.3 Å². The summed E-state index contributed by atoms with van der Waals surface area (Å²) in [4.78, 5) is 0. The molecule has 0 radical (unpaired) electrons. The van der Waals surface area contributed by atoms with Crippen molar-refractivity contribution < 1.29 is 31.2 Å². The van der Waals surface area contributed by atoms with Crippen molar-refractivity contribution in [3.8, 4) is 17.1 Å². The SMILES string of the molecule is CCOc1ccc(-c2cccc(C=C3C=C(c4ccccc4)OC(c4ccccc4)=C3)[o+]2)cc1.F[B-](F)(F)F. The zero-order chi connectivity index (χ0) is 27.7. The van der Waals surface area contributed by atoms with Crippen LogP contribution >= 0.6 is 0 Å². The number of allylic oxidation sites excluding steroid dienone is 3. The molecule has 8 heteroatoms. The van der Waals surface area contributed by atoms with Crippen LogP contribution in [0.15, 0.2) is 125 Å². The van der Waals surface area contributed by atoms with Gasteiger partial charge in [-0.1, -0.05) is 60.7 Å². The fourth-order valence-corrected chi connectivity index (χ4v) is 3.80. The Morgan fingerprint density at radius 3 is 1.74 bits per heavy atom. The highest BCUT2D eigenvalue weighted by molar-refractivity contribution is 6.50. The maximum atomic E-state index is 9.75. The summed E-state index contributed by atoms with van der Waals surface area (Å²) < 4.78 is 57.1. The Balaban J connectivity index is 0.000000648. The van der Waals surface area contributed by atoms with Gasteiger partial charge in [0.2, 0.25) is 0 Å². The summed E-state index contributed by atoms with van der Waals surface area (Å²) in [7, 11) is -6.00. The topological polar surface area (TPSA) is 29.8 Å². The maximum absolute atomic E-state index is 9.75. The molecule has 4 aromatic rings. The molecule has 0 saturated carbocycles. The molecule has 198 valence electrons. The average Bonchev–Trinajstić information content (AvgIpc) is 2.94. The molecule has 0 bridgehead atoms. The summed E-state index contributed by atoms with van der Waals surface area (Å²) in [6.07, 6.45) is 6.12. The molecule has 0 aliphatic carbocycles. The molecular formula is C31H25BF4O3. The molecule has 5 rings (SSSR count). The van der Waals surface area contributed by atoms with E-state index in [1.807, 2.05) is 128 Å². The molecule has 3 aromatic carbocycles. The first kappa shape index (κ1) is 27.4. The molecule has 0 spiro atoms. The van der Waals surface area contributed by atoms with Gasteiger partial charge in [-0.25, -0.2) is 4.42 Å². The van der Waals surface area contributed by atoms with Gasteiger partial charge in [-0.15, -0.1) is 0 Å². The second-order valence-corrected chi connectivity index (χ2v) is 8.34. The van der Waals surface area contributed by atoms with Crippen LogP contribution in [0.5, 0.6) is 5.75 Å². The predicted molar refractivity (Wildman–Crippen MR) is 148 cm³/mol. The highest BCUT2D eigenvalue weighted by Gasteiger charge is 2.21. The van der Waals surface area contributed by atoms with Crippen LogP contribution in [0.4, 0.5) is 17.3 Å². The average molecular weight is 532 g/mol. The quantitative estimate of drug-likeness (QED) is 0.141. The Bertz CT molecular complexity index is 1400. The predicted octanol–water partition coefficient (Wildman–Crippen LogP) is 9.42. The first-order valence-electron chi connectivity index (χ1n) is 12.3. The molecular weight excluding hydrogens is 507 g/mol. The van der Waals surface area contributed by atoms with E-state index in [1.54, 1.807) is 0 Å². The number of rotatable bonds is 6. The van der Waals surface area contributed by atoms with Crippen molar-refractivity contribution in [3.63, 3.8) is 0 Å². The van der Waals surface area contributed by atoms with Gasteiger partial charge in [0.15, 0.2) is 0 Å². The van der Waals surface area contributed by atoms with Crippen LogP contribution in [-0.4, -0.2) is 13.9 Å². The summed E-state index contributed by atoms with van der Waals surface area (Å²) in [6.45, 7) is 2.62. The number of benzene rings is 3. The van der Waals surface area contributed by atoms with Crippen molar-refractivity contribution in [1.82, 2.24) is 0 Å². The van der Waals surface area contributed by atoms with Gasteiger partial charge in [-0.3, -0.25) is 0 Å². The van der Waals surface area contributed by atoms with Crippen LogP contribution in [0.25, 0.3) is 28.9 Å². The van der Waals surface area contributed by atoms with Crippen molar-refractivity contribution in [1.29, 1.82) is 0 Å². The first-order chi connectivity index (χ1) is 18.8. The third-order valence-electron chi connectivity index (χ3n) is 5.43. The van der Waals surface area contributed by atoms with Gasteiger partial charge in [0.25, 0.3) is 0 Å². The minimum Gasteiger partial charge on any atom is -0.494 e. The lowest BCUT2D eigenvalue weighted by atomic mass is 10.0. The molecule has 0 fully saturated rings. The van der Waals surface area contributed by atoms with Crippen molar-refractivity contribution in [2.75, 3.05) is 6.61 Å². The number of hydrogen-bond acceptors (Lipinski definition) is 2. The maximum Gasteiger partial charge on any atom is 0.673 e. The van der Waals surface area contributed by atoms with Gasteiger partial charge < -0.3 is 26.7 Å². The second kappa shape index (κ2) is 12.8. The van der Waals surface area contributed by atoms with Crippen LogP contribution in [0.2, 0.25) is 0 Å². The Morgan fingerprint density at radius 1 is 0.692 bits per heavy atom. The summed E-state index contributed by atoms with van der Waals surface area (Å²) in [5, 5.41) is 0. The fourth-order valence-electron chi connectivity index (χ4n) is 3.80. The highest BCUT2D eigenvalue weighted by atomic mass is 19.5. The summed E-state index contributed by atoms with van der Waals surface area (Å²) in [5.74, 6) is 4.01. The van der Waals surface area contributed by atoms with E-state index in [2.05, 4.69) is 0 Å². The zero-order valence-electron chi connectivity index (χ0n) is 21.1. The lowest BCUT2D eigenvalue weighted by Gasteiger charge is -2.18. The van der Waals surface area contributed by atoms with Crippen molar-refractivity contribution in [2.24, 2.45) is 0 Å². The van der Waals surface area contributed by atoms with E-state index in [4.69, 9.17) is 13.9 Å². The van der Waals surface area contributed by atoms with Crippen LogP contribution in [0.1, 0.15) is 23.8 Å². The van der Waals surface area contributed by atoms with E-state index >= 15 is 0 Å². The summed E-state index contributed by atoms with van der Waals surface area (Å²) in [5.41, 5.74) is 4.04. The van der Waals surface area contributed by atoms with Crippen molar-refractivity contribution in [3.05, 3.63) is 138 Å². The van der Waals surface area contributed by atoms with E-state index in [-0.39, 0.29) is 0 Å². The molecule has 0 amide bonds. The van der Waals surface area contributed by atoms with E-state index < -0.39 is 7.25 Å². The first-order valence-corrected chi connectivity index (χ1v) is 12.3. The summed E-state index contributed by atoms with van der Waals surface area (Å²) >= 11 is 0. The molecule has 39 heavy (non-hydrogen) atoms. The minimum atomic E-state index is -6.00. The van der Waals surface area contributed by atoms with Gasteiger partial charge in [-0.05, 0) is 55.0 Å². The monoisotopic (exact) mass is 532 g/mol. The molecule has 0 unspecified atom stereocenters. The molecule has 1 aromatic heterocycles. The Labute approximate surface area is 224 Å². The van der Waals surface area contributed by atoms with E-state index in [1.165, 1.54) is 0 Å². The van der Waals surface area contributed by atoms with E-state index in [0.717, 1.165) is 51.1 Å². The van der Waals surface area contributed by atoms with Gasteiger partial charge in [0.05, 0.1) is 18.2 Å². The summed E-state index contributed by atoms with van der Waals surface area (Å²) in [6, 6.07) is 34.1. The van der Waals surface area contributed by atoms with Gasteiger partial charge >= 0.3 is 18.8 Å². The largest absolute Gasteiger partial charge is 0.673 e. The molecule has 1 aliphatic rings. The molecule has 1 aliphatic heterocycles. The molecule has 2 heterocycles. The van der Waals surface area contributed by atoms with Crippen LogP contribution < -0.4 is 4.74 Å². The molecule has 0 N–H and O–H groups in total. The molecule has 0 atom stereocenters. The number of hydrogen-bond donors (Lipinski definition) is 0. The smallest absolute Gasteiger partial charge is 0.494 e. The molecule has 3 nitrogen and oxygen atoms in total. The number of halogens is 4. The Kier molecular flexibility index (Phi) is 8.99. The van der Waals surface area contributed by atoms with Gasteiger partial charge in [-0.2, -0.15) is 0 Å². The Hall–Kier alpha value is -4.59. The fraction of sp³-hybridized carbons (Fsp3) is 0.0645. The molecule has 0 saturated heterocycles. The van der Waals surface area contributed by atoms with Gasteiger partial charge in [0.1, 0.15) is 17.3 Å². The second-order valence-electron chi connectivity index (χ2n) is 8.34. The third-order valence-corrected chi connectivity index (χ3v) is 5.43. The van der Waals surface area contributed by atoms with E-state index in [0.29, 0.717) is 6.61 Å². The zero-order valence-corrected chi connectivity index (χ0v) is 21.1. The minimum absolute atomic E-state index is 0.646. The lowest BCUT2D eigenvalue weighted by molar-refractivity contribution is 0.340. The third kappa shape index (κ3) is 8.47. The number of ether oxygens (including phenoxy) is 2. The van der Waals surface area contributed by atoms with Crippen LogP contribution in [0, 0.1) is 0 Å². The highest BCUT2D eigenvalue weighted by Crippen LogP contribution is 2.33. The standard InChI is InChI=1S/C31H25O3.BF4/c1-2-32-27-18-16-26(17-19-27)29-15-9-14-28(33-29)20-23-21-30(24-10-5-3-6-11-24)34-31(22-23)25-12-7-4-8-13-25;2-1(3,4)5/h3-22H,2H2,1H3;/q+1;-1. The normalized spacial score (nSPS) is 12.8. The van der Waals surface area contributed by atoms with Crippen LogP contribution in [0.3, 0.4) is 0 Å². The van der Waals surface area contributed by atoms with Gasteiger partial charge in [0, 0.05) is 23.3 Å². The van der Waals surface area contributed by atoms with Crippen molar-refractivity contribution in [2.45, 2.75) is 6.92 Å². The van der Waals surface area contributed by atoms with Crippen molar-refractivity contribution >= 4 is 24.8 Å².